The van der Waals surface area contributed by atoms with Gasteiger partial charge >= 0.3 is 0 Å². The summed E-state index contributed by atoms with van der Waals surface area (Å²) in [6, 6.07) is 0. The van der Waals surface area contributed by atoms with Crippen molar-refractivity contribution in [1.29, 1.82) is 0 Å². The molecule has 0 aromatic heterocycles. The molecule has 1 rings (SSSR count). The minimum atomic E-state index is 0. The zero-order valence-electron chi connectivity index (χ0n) is 7.68. The zero-order chi connectivity index (χ0) is 8.32. The molecule has 1 fully saturated rings. The van der Waals surface area contributed by atoms with E-state index in [-0.39, 0.29) is 24.0 Å². The maximum atomic E-state index is 5.19. The fourth-order valence-electron chi connectivity index (χ4n) is 0.967. The molecule has 0 unspecified atom stereocenters. The van der Waals surface area contributed by atoms with E-state index in [1.165, 1.54) is 0 Å². The van der Waals surface area contributed by atoms with Crippen molar-refractivity contribution in [2.75, 3.05) is 40.4 Å². The molecule has 3 nitrogen and oxygen atoms in total. The number of likely N-dealkylation sites (N-methyl/N-ethyl adjacent to an activating group) is 1. The molecule has 4 heteroatoms. The van der Waals surface area contributed by atoms with Gasteiger partial charge in [-0.1, -0.05) is 0 Å². The van der Waals surface area contributed by atoms with E-state index in [0.29, 0.717) is 19.2 Å². The van der Waals surface area contributed by atoms with Crippen molar-refractivity contribution in [2.24, 2.45) is 0 Å². The number of rotatable bonds is 0. The van der Waals surface area contributed by atoms with Crippen LogP contribution in [0.5, 0.6) is 0 Å². The SMILES string of the molecule is C=C1OCC[N+](C)(C)CCO1.[I-]. The standard InChI is InChI=1S/C8H16NO2.HI/c1-8-10-6-4-9(2,3)5-7-11-8;/h1,4-7H2,2-3H3;1H/q+1;/p-1. The van der Waals surface area contributed by atoms with Gasteiger partial charge in [-0.05, 0) is 6.58 Å². The maximum Gasteiger partial charge on any atom is 0.271 e. The van der Waals surface area contributed by atoms with Crippen molar-refractivity contribution in [1.82, 2.24) is 0 Å². The third-order valence-corrected chi connectivity index (χ3v) is 1.92. The summed E-state index contributed by atoms with van der Waals surface area (Å²) in [5.41, 5.74) is 0. The van der Waals surface area contributed by atoms with Gasteiger partial charge in [0.25, 0.3) is 5.95 Å². The Morgan fingerprint density at radius 3 is 2.00 bits per heavy atom. The molecule has 1 heterocycles. The Morgan fingerprint density at radius 2 is 1.58 bits per heavy atom. The van der Waals surface area contributed by atoms with Gasteiger partial charge in [0.05, 0.1) is 14.1 Å². The first-order valence-electron chi connectivity index (χ1n) is 3.87. The fraction of sp³-hybridized carbons (Fsp3) is 0.750. The van der Waals surface area contributed by atoms with Crippen molar-refractivity contribution in [2.45, 2.75) is 0 Å². The Hall–Kier alpha value is 0.0300. The van der Waals surface area contributed by atoms with E-state index in [2.05, 4.69) is 20.7 Å². The summed E-state index contributed by atoms with van der Waals surface area (Å²) in [5, 5.41) is 0. The van der Waals surface area contributed by atoms with Crippen LogP contribution in [0.3, 0.4) is 0 Å². The molecule has 0 radical (unpaired) electrons. The smallest absolute Gasteiger partial charge is 0.271 e. The molecule has 0 amide bonds. The van der Waals surface area contributed by atoms with E-state index in [4.69, 9.17) is 9.47 Å². The molecular weight excluding hydrogens is 269 g/mol. The van der Waals surface area contributed by atoms with Crippen LogP contribution in [0.25, 0.3) is 0 Å². The molecule has 1 aliphatic heterocycles. The van der Waals surface area contributed by atoms with Crippen LogP contribution in [0.1, 0.15) is 0 Å². The Balaban J connectivity index is 0.00000121. The third kappa shape index (κ3) is 4.15. The number of hydrogen-bond donors (Lipinski definition) is 0. The lowest BCUT2D eigenvalue weighted by Crippen LogP contribution is -3.00. The predicted octanol–water partition coefficient (Wildman–Crippen LogP) is -2.42. The largest absolute Gasteiger partial charge is 1.00 e. The molecule has 12 heavy (non-hydrogen) atoms. The first-order valence-corrected chi connectivity index (χ1v) is 3.87. The molecule has 1 saturated heterocycles. The molecule has 0 atom stereocenters. The van der Waals surface area contributed by atoms with Crippen molar-refractivity contribution < 1.29 is 37.9 Å². The van der Waals surface area contributed by atoms with Gasteiger partial charge in [-0.3, -0.25) is 0 Å². The monoisotopic (exact) mass is 285 g/mol. The second-order valence-corrected chi connectivity index (χ2v) is 3.45. The second kappa shape index (κ2) is 4.91. The maximum absolute atomic E-state index is 5.19. The highest BCUT2D eigenvalue weighted by atomic mass is 127. The second-order valence-electron chi connectivity index (χ2n) is 3.45. The number of nitrogens with zero attached hydrogens (tertiary/aromatic N) is 1. The van der Waals surface area contributed by atoms with Crippen LogP contribution < -0.4 is 24.0 Å². The minimum Gasteiger partial charge on any atom is -1.00 e. The fourth-order valence-corrected chi connectivity index (χ4v) is 0.967. The van der Waals surface area contributed by atoms with Gasteiger partial charge in [0, 0.05) is 0 Å². The quantitative estimate of drug-likeness (QED) is 0.364. The molecule has 0 aromatic carbocycles. The van der Waals surface area contributed by atoms with Crippen LogP contribution in [0, 0.1) is 0 Å². The molecule has 1 aliphatic rings. The van der Waals surface area contributed by atoms with E-state index in [1.54, 1.807) is 0 Å². The van der Waals surface area contributed by atoms with Crippen LogP contribution >= 0.6 is 0 Å². The minimum absolute atomic E-state index is 0. The van der Waals surface area contributed by atoms with Crippen LogP contribution in [-0.4, -0.2) is 44.9 Å². The van der Waals surface area contributed by atoms with Gasteiger partial charge in [-0.2, -0.15) is 0 Å². The molecule has 72 valence electrons. The van der Waals surface area contributed by atoms with E-state index < -0.39 is 0 Å². The van der Waals surface area contributed by atoms with Crippen LogP contribution in [-0.2, 0) is 9.47 Å². The van der Waals surface area contributed by atoms with Crippen LogP contribution in [0.2, 0.25) is 0 Å². The Kier molecular flexibility index (Phi) is 4.92. The highest BCUT2D eigenvalue weighted by Gasteiger charge is 2.17. The Morgan fingerprint density at radius 1 is 1.17 bits per heavy atom. The molecular formula is C8H16INO2. The van der Waals surface area contributed by atoms with E-state index in [0.717, 1.165) is 17.6 Å². The Labute approximate surface area is 90.9 Å². The lowest BCUT2D eigenvalue weighted by atomic mass is 10.4. The highest BCUT2D eigenvalue weighted by Crippen LogP contribution is 2.05. The first-order chi connectivity index (χ1) is 5.10. The van der Waals surface area contributed by atoms with Crippen molar-refractivity contribution in [3.8, 4) is 0 Å². The molecule has 0 aromatic rings. The predicted molar refractivity (Wildman–Crippen MR) is 42.9 cm³/mol. The summed E-state index contributed by atoms with van der Waals surface area (Å²) < 4.78 is 11.3. The van der Waals surface area contributed by atoms with Gasteiger partial charge in [0.1, 0.15) is 26.3 Å². The van der Waals surface area contributed by atoms with Gasteiger partial charge < -0.3 is 37.9 Å². The topological polar surface area (TPSA) is 18.5 Å². The average Bonchev–Trinajstić information content (AvgIpc) is 1.83. The molecule has 0 saturated carbocycles. The normalized spacial score (nSPS) is 22.3. The summed E-state index contributed by atoms with van der Waals surface area (Å²) in [6.45, 7) is 7.05. The third-order valence-electron chi connectivity index (χ3n) is 1.92. The Bertz CT molecular complexity index is 145. The summed E-state index contributed by atoms with van der Waals surface area (Å²) in [5.74, 6) is 0.463. The molecule has 0 bridgehead atoms. The van der Waals surface area contributed by atoms with E-state index in [1.807, 2.05) is 0 Å². The lowest BCUT2D eigenvalue weighted by Gasteiger charge is -2.31. The van der Waals surface area contributed by atoms with E-state index >= 15 is 0 Å². The zero-order valence-corrected chi connectivity index (χ0v) is 9.83. The average molecular weight is 285 g/mol. The van der Waals surface area contributed by atoms with Gasteiger partial charge in [0.2, 0.25) is 0 Å². The first kappa shape index (κ1) is 12.0. The molecule has 0 aliphatic carbocycles. The van der Waals surface area contributed by atoms with Crippen molar-refractivity contribution >= 4 is 0 Å². The number of quaternary nitrogens is 1. The number of ether oxygens (including phenoxy) is 2. The molecule has 0 spiro atoms. The van der Waals surface area contributed by atoms with Gasteiger partial charge in [-0.15, -0.1) is 0 Å². The lowest BCUT2D eigenvalue weighted by molar-refractivity contribution is -0.892. The summed E-state index contributed by atoms with van der Waals surface area (Å²) in [7, 11) is 4.33. The molecule has 0 N–H and O–H groups in total. The summed E-state index contributed by atoms with van der Waals surface area (Å²) >= 11 is 0. The van der Waals surface area contributed by atoms with Crippen molar-refractivity contribution in [3.05, 3.63) is 12.5 Å². The number of halogens is 1. The van der Waals surface area contributed by atoms with Crippen LogP contribution in [0.15, 0.2) is 12.5 Å². The summed E-state index contributed by atoms with van der Waals surface area (Å²) in [6.07, 6.45) is 0. The van der Waals surface area contributed by atoms with Gasteiger partial charge in [0.15, 0.2) is 0 Å². The summed E-state index contributed by atoms with van der Waals surface area (Å²) in [4.78, 5) is 0. The van der Waals surface area contributed by atoms with Crippen molar-refractivity contribution in [3.63, 3.8) is 0 Å². The number of hydrogen-bond acceptors (Lipinski definition) is 2. The highest BCUT2D eigenvalue weighted by molar-refractivity contribution is 4.68. The van der Waals surface area contributed by atoms with E-state index in [9.17, 15) is 0 Å². The van der Waals surface area contributed by atoms with Crippen LogP contribution in [0.4, 0.5) is 0 Å². The van der Waals surface area contributed by atoms with Gasteiger partial charge in [-0.25, -0.2) is 0 Å².